The fourth-order valence-electron chi connectivity index (χ4n) is 6.00. The molecule has 2 saturated carbocycles. The quantitative estimate of drug-likeness (QED) is 0.685. The topological polar surface area (TPSA) is 40.6 Å². The summed E-state index contributed by atoms with van der Waals surface area (Å²) in [5, 5.41) is 2.73. The first-order chi connectivity index (χ1) is 13.6. The first-order valence-electron chi connectivity index (χ1n) is 10.1. The number of benzene rings is 1. The maximum Gasteiger partial charge on any atom is 0.417 e. The highest BCUT2D eigenvalue weighted by Crippen LogP contribution is 2.54. The second-order valence-electron chi connectivity index (χ2n) is 9.35. The number of amides is 2. The number of hydrazine groups is 1. The van der Waals surface area contributed by atoms with Crippen LogP contribution in [0.25, 0.3) is 0 Å². The number of hydrogen-bond donors (Lipinski definition) is 0. The molecule has 1 saturated heterocycles. The van der Waals surface area contributed by atoms with Crippen molar-refractivity contribution in [3.63, 3.8) is 0 Å². The molecule has 0 N–H and O–H groups in total. The van der Waals surface area contributed by atoms with E-state index in [9.17, 15) is 22.8 Å². The second-order valence-corrected chi connectivity index (χ2v) is 9.35. The van der Waals surface area contributed by atoms with Crippen molar-refractivity contribution < 1.29 is 22.8 Å². The molecule has 1 heterocycles. The molecule has 1 aromatic rings. The lowest BCUT2D eigenvalue weighted by Crippen LogP contribution is -2.80. The average molecular weight is 404 g/mol. The van der Waals surface area contributed by atoms with E-state index in [1.54, 1.807) is 13.8 Å². The van der Waals surface area contributed by atoms with E-state index in [4.69, 9.17) is 0 Å². The van der Waals surface area contributed by atoms with Crippen LogP contribution in [-0.2, 0) is 11.0 Å². The summed E-state index contributed by atoms with van der Waals surface area (Å²) in [5.74, 6) is 0.485. The molecule has 5 aliphatic rings. The van der Waals surface area contributed by atoms with E-state index in [0.717, 1.165) is 25.3 Å². The van der Waals surface area contributed by atoms with Gasteiger partial charge < -0.3 is 0 Å². The number of alkyl halides is 3. The van der Waals surface area contributed by atoms with Crippen LogP contribution in [0, 0.1) is 17.8 Å². The molecule has 3 fully saturated rings. The molecule has 0 aromatic heterocycles. The zero-order valence-corrected chi connectivity index (χ0v) is 16.4. The first-order valence-corrected chi connectivity index (χ1v) is 10.1. The minimum absolute atomic E-state index is 0.200. The summed E-state index contributed by atoms with van der Waals surface area (Å²) in [6.45, 7) is 3.20. The normalized spacial score (nSPS) is 32.3. The maximum atomic E-state index is 13.5. The third-order valence-electron chi connectivity index (χ3n) is 7.07. The lowest BCUT2D eigenvalue weighted by Gasteiger charge is -2.62. The summed E-state index contributed by atoms with van der Waals surface area (Å²) < 4.78 is 40.5. The molecule has 4 nitrogen and oxygen atoms in total. The van der Waals surface area contributed by atoms with Crippen molar-refractivity contribution >= 4 is 11.8 Å². The van der Waals surface area contributed by atoms with Crippen LogP contribution in [0.2, 0.25) is 0 Å². The molecule has 1 aliphatic heterocycles. The standard InChI is InChI=1S/C22H23F3N2O2/c1-21(2)20(29)26(18-14-8-12-7-13(10-14)11-15(18)9-12)27(21)19(28)16-5-3-4-6-17(16)22(23,24)25/h3-6,8,12-13,15,18H,7,9-11H2,1-2H3. The van der Waals surface area contributed by atoms with Gasteiger partial charge in [-0.25, -0.2) is 10.0 Å². The lowest BCUT2D eigenvalue weighted by atomic mass is 9.58. The molecule has 7 heteroatoms. The number of carbonyl (C=O) groups excluding carboxylic acids is 2. The Morgan fingerprint density at radius 2 is 1.86 bits per heavy atom. The molecule has 6 rings (SSSR count). The van der Waals surface area contributed by atoms with Crippen molar-refractivity contribution in [1.29, 1.82) is 0 Å². The molecule has 154 valence electrons. The average Bonchev–Trinajstić information content (AvgIpc) is 2.64. The maximum absolute atomic E-state index is 13.5. The molecular weight excluding hydrogens is 381 g/mol. The van der Waals surface area contributed by atoms with Crippen LogP contribution < -0.4 is 0 Å². The molecule has 2 amide bonds. The number of nitrogens with zero attached hydrogens (tertiary/aromatic N) is 2. The Balaban J connectivity index is 1.53. The van der Waals surface area contributed by atoms with Crippen LogP contribution in [0.3, 0.4) is 0 Å². The number of rotatable bonds is 2. The molecule has 0 spiro atoms. The van der Waals surface area contributed by atoms with Crippen LogP contribution in [0.5, 0.6) is 0 Å². The van der Waals surface area contributed by atoms with Crippen molar-refractivity contribution in [2.45, 2.75) is 57.3 Å². The van der Waals surface area contributed by atoms with Gasteiger partial charge >= 0.3 is 6.18 Å². The van der Waals surface area contributed by atoms with E-state index in [2.05, 4.69) is 6.08 Å². The van der Waals surface area contributed by atoms with Crippen molar-refractivity contribution in [1.82, 2.24) is 10.0 Å². The van der Waals surface area contributed by atoms with E-state index in [1.165, 1.54) is 40.2 Å². The Kier molecular flexibility index (Phi) is 3.78. The van der Waals surface area contributed by atoms with Gasteiger partial charge in [-0.05, 0) is 75.0 Å². The summed E-state index contributed by atoms with van der Waals surface area (Å²) in [4.78, 5) is 26.3. The molecule has 4 bridgehead atoms. The zero-order valence-electron chi connectivity index (χ0n) is 16.4. The highest BCUT2D eigenvalue weighted by atomic mass is 19.4. The molecule has 29 heavy (non-hydrogen) atoms. The van der Waals surface area contributed by atoms with Gasteiger partial charge in [0.1, 0.15) is 5.54 Å². The molecule has 4 aliphatic carbocycles. The van der Waals surface area contributed by atoms with Gasteiger partial charge in [-0.3, -0.25) is 9.59 Å². The van der Waals surface area contributed by atoms with Gasteiger partial charge in [-0.1, -0.05) is 18.2 Å². The fraction of sp³-hybridized carbons (Fsp3) is 0.545. The molecule has 1 aromatic carbocycles. The summed E-state index contributed by atoms with van der Waals surface area (Å²) in [5.41, 5.74) is -1.36. The van der Waals surface area contributed by atoms with Crippen molar-refractivity contribution in [3.8, 4) is 0 Å². The number of carbonyl (C=O) groups is 2. The van der Waals surface area contributed by atoms with Gasteiger partial charge in [0.05, 0.1) is 17.2 Å². The smallest absolute Gasteiger partial charge is 0.270 e. The highest BCUT2D eigenvalue weighted by Gasteiger charge is 2.61. The Bertz CT molecular complexity index is 936. The molecule has 4 atom stereocenters. The van der Waals surface area contributed by atoms with Gasteiger partial charge in [0.25, 0.3) is 11.8 Å². The van der Waals surface area contributed by atoms with Crippen LogP contribution in [-0.4, -0.2) is 33.4 Å². The predicted octanol–water partition coefficient (Wildman–Crippen LogP) is 4.43. The summed E-state index contributed by atoms with van der Waals surface area (Å²) in [6.07, 6.45) is 1.71. The van der Waals surface area contributed by atoms with Crippen LogP contribution in [0.15, 0.2) is 35.9 Å². The highest BCUT2D eigenvalue weighted by molar-refractivity contribution is 6.05. The van der Waals surface area contributed by atoms with Crippen molar-refractivity contribution in [2.75, 3.05) is 0 Å². The Labute approximate surface area is 167 Å². The van der Waals surface area contributed by atoms with E-state index in [0.29, 0.717) is 11.8 Å². The van der Waals surface area contributed by atoms with Gasteiger partial charge in [0.2, 0.25) is 0 Å². The van der Waals surface area contributed by atoms with Crippen LogP contribution >= 0.6 is 0 Å². The van der Waals surface area contributed by atoms with Gasteiger partial charge in [0, 0.05) is 0 Å². The Hall–Kier alpha value is -2.31. The van der Waals surface area contributed by atoms with Crippen LogP contribution in [0.1, 0.15) is 55.5 Å². The SMILES string of the molecule is CC1(C)C(=O)N(C2C3=CC4CC(C3)CC2C4)N1C(=O)c1ccccc1C(F)(F)F. The van der Waals surface area contributed by atoms with E-state index in [1.807, 2.05) is 0 Å². The largest absolute Gasteiger partial charge is 0.417 e. The van der Waals surface area contributed by atoms with E-state index >= 15 is 0 Å². The molecule has 4 unspecified atom stereocenters. The minimum Gasteiger partial charge on any atom is -0.270 e. The number of allylic oxidation sites excluding steroid dienone is 1. The van der Waals surface area contributed by atoms with Crippen molar-refractivity contribution in [3.05, 3.63) is 47.0 Å². The first kappa shape index (κ1) is 18.7. The predicted molar refractivity (Wildman–Crippen MR) is 99.3 cm³/mol. The molecular formula is C22H23F3N2O2. The zero-order chi connectivity index (χ0) is 20.7. The van der Waals surface area contributed by atoms with Gasteiger partial charge in [-0.15, -0.1) is 0 Å². The Morgan fingerprint density at radius 1 is 1.14 bits per heavy atom. The van der Waals surface area contributed by atoms with Gasteiger partial charge in [0.15, 0.2) is 0 Å². The minimum atomic E-state index is -4.64. The van der Waals surface area contributed by atoms with Gasteiger partial charge in [-0.2, -0.15) is 13.2 Å². The monoisotopic (exact) mass is 404 g/mol. The lowest BCUT2D eigenvalue weighted by molar-refractivity contribution is -0.213. The molecule has 0 radical (unpaired) electrons. The number of hydrogen-bond acceptors (Lipinski definition) is 2. The third kappa shape index (κ3) is 2.58. The number of halogens is 3. The van der Waals surface area contributed by atoms with E-state index in [-0.39, 0.29) is 17.9 Å². The summed E-state index contributed by atoms with van der Waals surface area (Å²) in [6, 6.07) is 4.60. The third-order valence-corrected chi connectivity index (χ3v) is 7.07. The Morgan fingerprint density at radius 3 is 2.52 bits per heavy atom. The van der Waals surface area contributed by atoms with Crippen molar-refractivity contribution in [2.24, 2.45) is 17.8 Å². The van der Waals surface area contributed by atoms with E-state index < -0.39 is 28.7 Å². The summed E-state index contributed by atoms with van der Waals surface area (Å²) in [7, 11) is 0. The second kappa shape index (κ2) is 5.86. The summed E-state index contributed by atoms with van der Waals surface area (Å²) >= 11 is 0. The fourth-order valence-corrected chi connectivity index (χ4v) is 6.00. The van der Waals surface area contributed by atoms with Crippen LogP contribution in [0.4, 0.5) is 13.2 Å².